The summed E-state index contributed by atoms with van der Waals surface area (Å²) in [5, 5.41) is 9.39. The lowest BCUT2D eigenvalue weighted by atomic mass is 9.64. The summed E-state index contributed by atoms with van der Waals surface area (Å²) in [5.74, 6) is -1.29. The molecular formula is C12H14F2O2. The fraction of sp³-hybridized carbons (Fsp3) is 0.500. The first-order valence-corrected chi connectivity index (χ1v) is 5.27. The third kappa shape index (κ3) is 1.57. The van der Waals surface area contributed by atoms with Gasteiger partial charge in [0.15, 0.2) is 11.6 Å². The Morgan fingerprint density at radius 1 is 1.38 bits per heavy atom. The van der Waals surface area contributed by atoms with Crippen molar-refractivity contribution < 1.29 is 18.6 Å². The van der Waals surface area contributed by atoms with Crippen LogP contribution < -0.4 is 4.74 Å². The van der Waals surface area contributed by atoms with E-state index in [9.17, 15) is 13.9 Å². The molecule has 1 aromatic rings. The minimum absolute atomic E-state index is 0.0511. The predicted molar refractivity (Wildman–Crippen MR) is 55.5 cm³/mol. The van der Waals surface area contributed by atoms with Crippen LogP contribution in [0.5, 0.6) is 5.75 Å². The Hall–Kier alpha value is -1.16. The zero-order chi connectivity index (χ0) is 11.8. The lowest BCUT2D eigenvalue weighted by Gasteiger charge is -2.41. The summed E-state index contributed by atoms with van der Waals surface area (Å²) in [6.07, 6.45) is 2.44. The molecule has 2 rings (SSSR count). The van der Waals surface area contributed by atoms with Crippen LogP contribution in [0.3, 0.4) is 0 Å². The van der Waals surface area contributed by atoms with Gasteiger partial charge in [0.2, 0.25) is 0 Å². The van der Waals surface area contributed by atoms with Crippen LogP contribution in [0.15, 0.2) is 12.1 Å². The van der Waals surface area contributed by atoms with Crippen molar-refractivity contribution in [2.75, 3.05) is 13.7 Å². The number of rotatable bonds is 3. The van der Waals surface area contributed by atoms with Gasteiger partial charge in [0, 0.05) is 17.0 Å². The van der Waals surface area contributed by atoms with Crippen LogP contribution in [0, 0.1) is 11.6 Å². The highest BCUT2D eigenvalue weighted by molar-refractivity contribution is 5.43. The maximum absolute atomic E-state index is 13.5. The number of hydrogen-bond donors (Lipinski definition) is 1. The first-order chi connectivity index (χ1) is 7.63. The van der Waals surface area contributed by atoms with E-state index >= 15 is 0 Å². The summed E-state index contributed by atoms with van der Waals surface area (Å²) in [6.45, 7) is -0.105. The van der Waals surface area contributed by atoms with Crippen molar-refractivity contribution in [2.45, 2.75) is 24.7 Å². The highest BCUT2D eigenvalue weighted by atomic mass is 19.1. The zero-order valence-electron chi connectivity index (χ0n) is 9.09. The molecule has 1 fully saturated rings. The Bertz CT molecular complexity index is 395. The molecule has 0 aliphatic heterocycles. The Kier molecular flexibility index (Phi) is 2.84. The van der Waals surface area contributed by atoms with E-state index in [0.717, 1.165) is 25.3 Å². The monoisotopic (exact) mass is 228 g/mol. The van der Waals surface area contributed by atoms with E-state index in [0.29, 0.717) is 5.56 Å². The molecule has 0 atom stereocenters. The number of benzene rings is 1. The minimum atomic E-state index is -0.711. The second-order valence-corrected chi connectivity index (χ2v) is 4.26. The molecule has 1 N–H and O–H groups in total. The summed E-state index contributed by atoms with van der Waals surface area (Å²) in [6, 6.07) is 2.06. The molecule has 0 unspecified atom stereocenters. The molecule has 0 spiro atoms. The maximum atomic E-state index is 13.5. The smallest absolute Gasteiger partial charge is 0.168 e. The lowest BCUT2D eigenvalue weighted by molar-refractivity contribution is 0.116. The van der Waals surface area contributed by atoms with Gasteiger partial charge in [-0.3, -0.25) is 0 Å². The summed E-state index contributed by atoms with van der Waals surface area (Å²) in [7, 11) is 1.35. The van der Waals surface area contributed by atoms with Gasteiger partial charge >= 0.3 is 0 Å². The van der Waals surface area contributed by atoms with Gasteiger partial charge in [0.25, 0.3) is 0 Å². The van der Waals surface area contributed by atoms with E-state index < -0.39 is 17.0 Å². The van der Waals surface area contributed by atoms with Gasteiger partial charge in [-0.2, -0.15) is 0 Å². The third-order valence-corrected chi connectivity index (χ3v) is 3.40. The Morgan fingerprint density at radius 2 is 2.06 bits per heavy atom. The van der Waals surface area contributed by atoms with Crippen molar-refractivity contribution in [1.29, 1.82) is 0 Å². The largest absolute Gasteiger partial charge is 0.493 e. The molecule has 2 nitrogen and oxygen atoms in total. The van der Waals surface area contributed by atoms with E-state index in [-0.39, 0.29) is 12.4 Å². The maximum Gasteiger partial charge on any atom is 0.168 e. The second-order valence-electron chi connectivity index (χ2n) is 4.26. The van der Waals surface area contributed by atoms with Crippen LogP contribution in [-0.2, 0) is 5.41 Å². The quantitative estimate of drug-likeness (QED) is 0.860. The van der Waals surface area contributed by atoms with Crippen molar-refractivity contribution in [2.24, 2.45) is 0 Å². The third-order valence-electron chi connectivity index (χ3n) is 3.40. The molecule has 88 valence electrons. The fourth-order valence-electron chi connectivity index (χ4n) is 2.28. The lowest BCUT2D eigenvalue weighted by Crippen LogP contribution is -2.38. The predicted octanol–water partition coefficient (Wildman–Crippen LogP) is 2.39. The number of hydrogen-bond acceptors (Lipinski definition) is 2. The van der Waals surface area contributed by atoms with Crippen LogP contribution in [0.1, 0.15) is 24.8 Å². The number of aliphatic hydroxyl groups excluding tert-OH is 1. The molecular weight excluding hydrogens is 214 g/mol. The Balaban J connectivity index is 2.53. The Labute approximate surface area is 92.9 Å². The molecule has 1 aromatic carbocycles. The number of methoxy groups -OCH3 is 1. The van der Waals surface area contributed by atoms with Gasteiger partial charge in [0.05, 0.1) is 13.7 Å². The number of halogens is 2. The average Bonchev–Trinajstić information content (AvgIpc) is 2.16. The standard InChI is InChI=1S/C12H14F2O2/c1-16-11-9(5-8(13)6-10(11)14)12(7-15)3-2-4-12/h5-6,15H,2-4,7H2,1H3. The molecule has 0 saturated heterocycles. The fourth-order valence-corrected chi connectivity index (χ4v) is 2.28. The van der Waals surface area contributed by atoms with Gasteiger partial charge in [-0.1, -0.05) is 6.42 Å². The summed E-state index contributed by atoms with van der Waals surface area (Å²) < 4.78 is 31.6. The molecule has 1 saturated carbocycles. The second kappa shape index (κ2) is 4.01. The van der Waals surface area contributed by atoms with Crippen molar-refractivity contribution in [3.05, 3.63) is 29.3 Å². The van der Waals surface area contributed by atoms with Crippen molar-refractivity contribution in [3.8, 4) is 5.75 Å². The van der Waals surface area contributed by atoms with Crippen LogP contribution in [0.4, 0.5) is 8.78 Å². The molecule has 0 radical (unpaired) electrons. The highest BCUT2D eigenvalue weighted by Crippen LogP contribution is 2.47. The van der Waals surface area contributed by atoms with Gasteiger partial charge in [-0.15, -0.1) is 0 Å². The van der Waals surface area contributed by atoms with Gasteiger partial charge < -0.3 is 9.84 Å². The molecule has 1 aliphatic carbocycles. The van der Waals surface area contributed by atoms with Crippen molar-refractivity contribution in [1.82, 2.24) is 0 Å². The topological polar surface area (TPSA) is 29.5 Å². The van der Waals surface area contributed by atoms with Crippen LogP contribution in [-0.4, -0.2) is 18.8 Å². The summed E-state index contributed by atoms with van der Waals surface area (Å²) in [5.41, 5.74) is -0.0740. The highest BCUT2D eigenvalue weighted by Gasteiger charge is 2.41. The first kappa shape index (κ1) is 11.3. The van der Waals surface area contributed by atoms with E-state index in [2.05, 4.69) is 0 Å². The van der Waals surface area contributed by atoms with Gasteiger partial charge in [0.1, 0.15) is 5.82 Å². The number of aliphatic hydroxyl groups is 1. The van der Waals surface area contributed by atoms with Crippen LogP contribution >= 0.6 is 0 Å². The molecule has 4 heteroatoms. The minimum Gasteiger partial charge on any atom is -0.493 e. The van der Waals surface area contributed by atoms with E-state index in [1.165, 1.54) is 13.2 Å². The van der Waals surface area contributed by atoms with Crippen molar-refractivity contribution in [3.63, 3.8) is 0 Å². The van der Waals surface area contributed by atoms with Crippen molar-refractivity contribution >= 4 is 0 Å². The normalized spacial score (nSPS) is 18.0. The average molecular weight is 228 g/mol. The number of ether oxygens (including phenoxy) is 1. The molecule has 0 bridgehead atoms. The summed E-state index contributed by atoms with van der Waals surface area (Å²) in [4.78, 5) is 0. The van der Waals surface area contributed by atoms with E-state index in [1.807, 2.05) is 0 Å². The van der Waals surface area contributed by atoms with E-state index in [1.54, 1.807) is 0 Å². The van der Waals surface area contributed by atoms with E-state index in [4.69, 9.17) is 4.74 Å². The molecule has 0 aromatic heterocycles. The zero-order valence-corrected chi connectivity index (χ0v) is 9.09. The Morgan fingerprint density at radius 3 is 2.50 bits per heavy atom. The van der Waals surface area contributed by atoms with Crippen LogP contribution in [0.2, 0.25) is 0 Å². The SMILES string of the molecule is COc1c(F)cc(F)cc1C1(CO)CCC1. The molecule has 0 heterocycles. The molecule has 1 aliphatic rings. The van der Waals surface area contributed by atoms with Gasteiger partial charge in [-0.05, 0) is 18.9 Å². The van der Waals surface area contributed by atoms with Crippen LogP contribution in [0.25, 0.3) is 0 Å². The summed E-state index contributed by atoms with van der Waals surface area (Å²) >= 11 is 0. The first-order valence-electron chi connectivity index (χ1n) is 5.27. The van der Waals surface area contributed by atoms with Gasteiger partial charge in [-0.25, -0.2) is 8.78 Å². The molecule has 0 amide bonds. The molecule has 16 heavy (non-hydrogen) atoms.